The quantitative estimate of drug-likeness (QED) is 0.412. The van der Waals surface area contributed by atoms with E-state index < -0.39 is 12.0 Å². The smallest absolute Gasteiger partial charge is 0.436 e. The lowest BCUT2D eigenvalue weighted by atomic mass is 9.89. The van der Waals surface area contributed by atoms with Gasteiger partial charge in [-0.1, -0.05) is 32.9 Å². The van der Waals surface area contributed by atoms with Crippen LogP contribution in [0.2, 0.25) is 0 Å². The molecule has 0 aliphatic heterocycles. The van der Waals surface area contributed by atoms with Gasteiger partial charge < -0.3 is 15.8 Å². The summed E-state index contributed by atoms with van der Waals surface area (Å²) in [6.45, 7) is 8.09. The molecule has 3 aromatic rings. The number of amides is 1. The molecule has 0 aliphatic carbocycles. The molecular weight excluding hydrogens is 416 g/mol. The molecule has 0 bridgehead atoms. The minimum atomic E-state index is -0.678. The molecule has 0 saturated heterocycles. The van der Waals surface area contributed by atoms with Crippen molar-refractivity contribution in [3.8, 4) is 0 Å². The van der Waals surface area contributed by atoms with Gasteiger partial charge in [-0.05, 0) is 37.0 Å². The maximum absolute atomic E-state index is 12.7. The lowest BCUT2D eigenvalue weighted by Gasteiger charge is -2.16. The van der Waals surface area contributed by atoms with Crippen LogP contribution in [0, 0.1) is 5.41 Å². The summed E-state index contributed by atoms with van der Waals surface area (Å²) in [5, 5.41) is 7.42. The Kier molecular flexibility index (Phi) is 6.45. The molecule has 0 fully saturated rings. The van der Waals surface area contributed by atoms with E-state index in [-0.39, 0.29) is 29.2 Å². The van der Waals surface area contributed by atoms with Gasteiger partial charge in [-0.25, -0.2) is 4.79 Å². The summed E-state index contributed by atoms with van der Waals surface area (Å²) in [5.41, 5.74) is 6.53. The van der Waals surface area contributed by atoms with Crippen molar-refractivity contribution in [3.05, 3.63) is 40.8 Å². The monoisotopic (exact) mass is 442 g/mol. The van der Waals surface area contributed by atoms with Gasteiger partial charge in [0.1, 0.15) is 4.83 Å². The van der Waals surface area contributed by atoms with Crippen molar-refractivity contribution in [2.24, 2.45) is 5.41 Å². The van der Waals surface area contributed by atoms with Crippen LogP contribution in [0.1, 0.15) is 60.6 Å². The second-order valence-corrected chi connectivity index (χ2v) is 9.34. The molecule has 31 heavy (non-hydrogen) atoms. The molecular formula is C22H26N4O4S. The zero-order valence-corrected chi connectivity index (χ0v) is 18.8. The summed E-state index contributed by atoms with van der Waals surface area (Å²) in [4.78, 5) is 38.8. The number of Topliss-reactive ketones (excluding diaryl/α,β-unsaturated/α-hetero) is 1. The predicted molar refractivity (Wildman–Crippen MR) is 122 cm³/mol. The van der Waals surface area contributed by atoms with Gasteiger partial charge in [-0.3, -0.25) is 9.59 Å². The molecule has 1 aromatic carbocycles. The van der Waals surface area contributed by atoms with Crippen LogP contribution in [0.15, 0.2) is 30.3 Å². The van der Waals surface area contributed by atoms with E-state index in [0.717, 1.165) is 22.4 Å². The maximum atomic E-state index is 12.7. The number of nitrogens with zero attached hydrogens (tertiary/aromatic N) is 2. The lowest BCUT2D eigenvalue weighted by Crippen LogP contribution is -2.17. The maximum Gasteiger partial charge on any atom is 0.436 e. The Morgan fingerprint density at radius 3 is 2.58 bits per heavy atom. The third kappa shape index (κ3) is 5.11. The number of nitrogen functional groups attached to an aromatic ring is 1. The first-order chi connectivity index (χ1) is 14.6. The van der Waals surface area contributed by atoms with E-state index in [1.165, 1.54) is 0 Å². The number of ether oxygens (including phenoxy) is 1. The third-order valence-electron chi connectivity index (χ3n) is 4.61. The number of thiophene rings is 1. The highest BCUT2D eigenvalue weighted by molar-refractivity contribution is 7.20. The summed E-state index contributed by atoms with van der Waals surface area (Å²) < 4.78 is 6.15. The fourth-order valence-electron chi connectivity index (χ4n) is 2.94. The van der Waals surface area contributed by atoms with Gasteiger partial charge in [-0.15, -0.1) is 16.4 Å². The zero-order valence-electron chi connectivity index (χ0n) is 18.0. The van der Waals surface area contributed by atoms with E-state index in [1.807, 2.05) is 0 Å². The SMILES string of the molecule is CCOC(=O)n1nc(NC(=O)c2ccccc2N)c2cc(C(=O)CCC(C)(C)C)sc21. The number of carbonyl (C=O) groups excluding carboxylic acids is 3. The average Bonchev–Trinajstić information content (AvgIpc) is 3.26. The highest BCUT2D eigenvalue weighted by Gasteiger charge is 2.24. The van der Waals surface area contributed by atoms with Crippen LogP contribution in [0.4, 0.5) is 16.3 Å². The van der Waals surface area contributed by atoms with Crippen LogP contribution in [0.5, 0.6) is 0 Å². The third-order valence-corrected chi connectivity index (χ3v) is 5.77. The van der Waals surface area contributed by atoms with Crippen LogP contribution in [-0.4, -0.2) is 34.2 Å². The number of para-hydroxylation sites is 1. The second-order valence-electron chi connectivity index (χ2n) is 8.31. The fraction of sp³-hybridized carbons (Fsp3) is 0.364. The van der Waals surface area contributed by atoms with Crippen molar-refractivity contribution in [2.75, 3.05) is 17.7 Å². The first kappa shape index (κ1) is 22.5. The molecule has 164 valence electrons. The van der Waals surface area contributed by atoms with Crippen molar-refractivity contribution in [1.82, 2.24) is 9.78 Å². The molecule has 0 unspecified atom stereocenters. The van der Waals surface area contributed by atoms with Crippen LogP contribution < -0.4 is 11.1 Å². The summed E-state index contributed by atoms with van der Waals surface area (Å²) >= 11 is 1.16. The fourth-order valence-corrected chi connectivity index (χ4v) is 4.00. The summed E-state index contributed by atoms with van der Waals surface area (Å²) in [5.74, 6) is -0.307. The molecule has 0 saturated carbocycles. The number of benzene rings is 1. The molecule has 2 aromatic heterocycles. The Balaban J connectivity index is 1.97. The molecule has 9 heteroatoms. The van der Waals surface area contributed by atoms with Gasteiger partial charge in [0.05, 0.1) is 22.4 Å². The Labute approximate surface area is 184 Å². The summed E-state index contributed by atoms with van der Waals surface area (Å²) in [6, 6.07) is 8.32. The molecule has 3 N–H and O–H groups in total. The van der Waals surface area contributed by atoms with Gasteiger partial charge in [0.15, 0.2) is 11.6 Å². The number of carbonyl (C=O) groups is 3. The lowest BCUT2D eigenvalue weighted by molar-refractivity contribution is 0.0969. The van der Waals surface area contributed by atoms with Crippen molar-refractivity contribution in [1.29, 1.82) is 0 Å². The highest BCUT2D eigenvalue weighted by atomic mass is 32.1. The van der Waals surface area contributed by atoms with E-state index in [9.17, 15) is 14.4 Å². The van der Waals surface area contributed by atoms with Crippen molar-refractivity contribution < 1.29 is 19.1 Å². The first-order valence-electron chi connectivity index (χ1n) is 9.99. The number of hydrogen-bond donors (Lipinski definition) is 2. The molecule has 0 radical (unpaired) electrons. The van der Waals surface area contributed by atoms with Gasteiger partial charge in [0, 0.05) is 12.1 Å². The normalized spacial score (nSPS) is 11.5. The van der Waals surface area contributed by atoms with Crippen LogP contribution in [0.3, 0.4) is 0 Å². The van der Waals surface area contributed by atoms with Gasteiger partial charge >= 0.3 is 6.09 Å². The second kappa shape index (κ2) is 8.89. The number of ketones is 1. The summed E-state index contributed by atoms with van der Waals surface area (Å²) in [6.07, 6.45) is 0.450. The number of fused-ring (bicyclic) bond motifs is 1. The largest absolute Gasteiger partial charge is 0.448 e. The van der Waals surface area contributed by atoms with E-state index in [0.29, 0.717) is 27.2 Å². The number of nitrogens with one attached hydrogen (secondary N) is 1. The molecule has 2 heterocycles. The molecule has 3 rings (SSSR count). The standard InChI is InChI=1S/C22H26N4O4S/c1-5-30-21(29)26-20-14(12-17(31-20)16(27)10-11-22(2,3)4)18(25-26)24-19(28)13-8-6-7-9-15(13)23/h6-9,12H,5,10-11,23H2,1-4H3,(H,24,25,28). The van der Waals surface area contributed by atoms with E-state index in [4.69, 9.17) is 10.5 Å². The van der Waals surface area contributed by atoms with Gasteiger partial charge in [0.25, 0.3) is 5.91 Å². The molecule has 1 amide bonds. The van der Waals surface area contributed by atoms with Gasteiger partial charge in [-0.2, -0.15) is 4.68 Å². The van der Waals surface area contributed by atoms with E-state index >= 15 is 0 Å². The van der Waals surface area contributed by atoms with E-state index in [1.54, 1.807) is 37.3 Å². The number of aromatic nitrogens is 2. The Morgan fingerprint density at radius 2 is 1.94 bits per heavy atom. The average molecular weight is 443 g/mol. The predicted octanol–water partition coefficient (Wildman–Crippen LogP) is 4.95. The van der Waals surface area contributed by atoms with Crippen molar-refractivity contribution in [2.45, 2.75) is 40.5 Å². The van der Waals surface area contributed by atoms with Crippen LogP contribution in [-0.2, 0) is 4.74 Å². The number of hydrogen-bond acceptors (Lipinski definition) is 7. The number of anilines is 2. The Morgan fingerprint density at radius 1 is 1.23 bits per heavy atom. The minimum Gasteiger partial charge on any atom is -0.448 e. The minimum absolute atomic E-state index is 0.0175. The summed E-state index contributed by atoms with van der Waals surface area (Å²) in [7, 11) is 0. The van der Waals surface area contributed by atoms with Gasteiger partial charge in [0.2, 0.25) is 0 Å². The number of nitrogens with two attached hydrogens (primary N) is 1. The first-order valence-corrected chi connectivity index (χ1v) is 10.8. The van der Waals surface area contributed by atoms with Crippen LogP contribution in [0.25, 0.3) is 10.2 Å². The molecule has 0 aliphatic rings. The Bertz CT molecular complexity index is 1140. The number of rotatable bonds is 6. The molecule has 0 spiro atoms. The zero-order chi connectivity index (χ0) is 22.8. The topological polar surface area (TPSA) is 116 Å². The van der Waals surface area contributed by atoms with Crippen molar-refractivity contribution in [3.63, 3.8) is 0 Å². The van der Waals surface area contributed by atoms with Crippen LogP contribution >= 0.6 is 11.3 Å². The molecule has 8 nitrogen and oxygen atoms in total. The molecule has 0 atom stereocenters. The Hall–Kier alpha value is -3.20. The highest BCUT2D eigenvalue weighted by Crippen LogP contribution is 2.33. The van der Waals surface area contributed by atoms with E-state index in [2.05, 4.69) is 31.2 Å². The van der Waals surface area contributed by atoms with Crippen molar-refractivity contribution >= 4 is 50.8 Å².